The Kier molecular flexibility index (Phi) is 3.47. The summed E-state index contributed by atoms with van der Waals surface area (Å²) in [5.41, 5.74) is 5.94. The Morgan fingerprint density at radius 3 is 2.95 bits per heavy atom. The van der Waals surface area contributed by atoms with Crippen molar-refractivity contribution in [2.24, 2.45) is 5.84 Å². The van der Waals surface area contributed by atoms with E-state index in [1.54, 1.807) is 28.2 Å². The molecule has 0 bridgehead atoms. The van der Waals surface area contributed by atoms with Crippen molar-refractivity contribution in [1.82, 2.24) is 25.0 Å². The van der Waals surface area contributed by atoms with Crippen LogP contribution in [0.5, 0.6) is 0 Å². The van der Waals surface area contributed by atoms with Crippen LogP contribution < -0.4 is 11.3 Å². The Bertz CT molecular complexity index is 712. The summed E-state index contributed by atoms with van der Waals surface area (Å²) in [6.07, 6.45) is 7.90. The van der Waals surface area contributed by atoms with Crippen LogP contribution in [-0.2, 0) is 6.42 Å². The number of aryl methyl sites for hydroxylation is 2. The third-order valence-corrected chi connectivity index (χ3v) is 4.48. The van der Waals surface area contributed by atoms with Gasteiger partial charge in [-0.05, 0) is 13.8 Å². The number of nitrogens with one attached hydrogen (secondary N) is 1. The van der Waals surface area contributed by atoms with Crippen LogP contribution in [0, 0.1) is 13.8 Å². The molecule has 3 rings (SSSR count). The summed E-state index contributed by atoms with van der Waals surface area (Å²) in [4.78, 5) is 9.96. The van der Waals surface area contributed by atoms with Crippen molar-refractivity contribution in [3.05, 3.63) is 45.9 Å². The number of hydrogen-bond acceptors (Lipinski definition) is 6. The molecule has 6 nitrogen and oxygen atoms in total. The van der Waals surface area contributed by atoms with Crippen molar-refractivity contribution in [2.45, 2.75) is 26.3 Å². The Morgan fingerprint density at radius 1 is 1.40 bits per heavy atom. The van der Waals surface area contributed by atoms with E-state index in [4.69, 9.17) is 5.84 Å². The molecule has 0 fully saturated rings. The second-order valence-corrected chi connectivity index (χ2v) is 5.97. The first-order valence-corrected chi connectivity index (χ1v) is 7.17. The number of hydrogen-bond donors (Lipinski definition) is 2. The average Bonchev–Trinajstić information content (AvgIpc) is 3.00. The molecule has 104 valence electrons. The number of nitrogens with two attached hydrogens (primary N) is 1. The molecule has 1 unspecified atom stereocenters. The first kappa shape index (κ1) is 13.2. The Labute approximate surface area is 120 Å². The topological polar surface area (TPSA) is 81.1 Å². The largest absolute Gasteiger partial charge is 0.271 e. The lowest BCUT2D eigenvalue weighted by atomic mass is 10.1. The summed E-state index contributed by atoms with van der Waals surface area (Å²) in [6.45, 7) is 4.11. The molecule has 7 heteroatoms. The minimum atomic E-state index is -0.0263. The van der Waals surface area contributed by atoms with Crippen LogP contribution >= 0.6 is 11.3 Å². The number of rotatable bonds is 4. The first-order chi connectivity index (χ1) is 9.69. The molecule has 0 aliphatic rings. The van der Waals surface area contributed by atoms with E-state index in [9.17, 15) is 0 Å². The Balaban J connectivity index is 1.93. The highest BCUT2D eigenvalue weighted by atomic mass is 32.1. The van der Waals surface area contributed by atoms with Crippen molar-refractivity contribution in [1.29, 1.82) is 0 Å². The Hall–Kier alpha value is -1.83. The normalized spacial score (nSPS) is 12.9. The van der Waals surface area contributed by atoms with Gasteiger partial charge in [0.25, 0.3) is 0 Å². The van der Waals surface area contributed by atoms with Gasteiger partial charge in [0.15, 0.2) is 0 Å². The van der Waals surface area contributed by atoms with Gasteiger partial charge in [-0.2, -0.15) is 5.10 Å². The molecule has 0 aliphatic carbocycles. The molecule has 3 heterocycles. The maximum Gasteiger partial charge on any atom is 0.0950 e. The molecule has 0 saturated carbocycles. The van der Waals surface area contributed by atoms with Gasteiger partial charge in [-0.1, -0.05) is 0 Å². The summed E-state index contributed by atoms with van der Waals surface area (Å²) in [6, 6.07) is -0.0263. The van der Waals surface area contributed by atoms with Crippen LogP contribution in [0.2, 0.25) is 0 Å². The highest BCUT2D eigenvalue weighted by molar-refractivity contribution is 7.11. The summed E-state index contributed by atoms with van der Waals surface area (Å²) in [5.74, 6) is 5.72. The van der Waals surface area contributed by atoms with E-state index < -0.39 is 0 Å². The molecule has 0 spiro atoms. The van der Waals surface area contributed by atoms with Gasteiger partial charge in [-0.3, -0.25) is 16.3 Å². The molecule has 0 amide bonds. The van der Waals surface area contributed by atoms with Gasteiger partial charge in [-0.15, -0.1) is 11.3 Å². The smallest absolute Gasteiger partial charge is 0.0950 e. The van der Waals surface area contributed by atoms with Crippen LogP contribution in [0.25, 0.3) is 5.52 Å². The van der Waals surface area contributed by atoms with E-state index in [-0.39, 0.29) is 6.04 Å². The first-order valence-electron chi connectivity index (χ1n) is 6.35. The molecule has 3 aromatic heterocycles. The second-order valence-electron chi connectivity index (χ2n) is 4.68. The third-order valence-electron chi connectivity index (χ3n) is 3.38. The number of nitrogens with zero attached hydrogens (tertiary/aromatic N) is 4. The summed E-state index contributed by atoms with van der Waals surface area (Å²) in [7, 11) is 0. The zero-order chi connectivity index (χ0) is 14.1. The van der Waals surface area contributed by atoms with Crippen LogP contribution in [-0.4, -0.2) is 19.6 Å². The number of aromatic nitrogens is 4. The Morgan fingerprint density at radius 2 is 2.25 bits per heavy atom. The van der Waals surface area contributed by atoms with Crippen molar-refractivity contribution in [3.63, 3.8) is 0 Å². The zero-order valence-electron chi connectivity index (χ0n) is 11.4. The van der Waals surface area contributed by atoms with E-state index >= 15 is 0 Å². The van der Waals surface area contributed by atoms with Gasteiger partial charge in [0, 0.05) is 29.3 Å². The third kappa shape index (κ3) is 2.31. The fourth-order valence-electron chi connectivity index (χ4n) is 2.18. The molecule has 0 radical (unpaired) electrons. The van der Waals surface area contributed by atoms with E-state index in [1.807, 2.05) is 19.3 Å². The van der Waals surface area contributed by atoms with Crippen molar-refractivity contribution < 1.29 is 0 Å². The summed E-state index contributed by atoms with van der Waals surface area (Å²) >= 11 is 1.71. The fourth-order valence-corrected chi connectivity index (χ4v) is 3.16. The minimum absolute atomic E-state index is 0.0263. The van der Waals surface area contributed by atoms with E-state index in [0.717, 1.165) is 28.2 Å². The predicted molar refractivity (Wildman–Crippen MR) is 78.3 cm³/mol. The molecule has 3 N–H and O–H groups in total. The molecule has 3 aromatic rings. The van der Waals surface area contributed by atoms with E-state index in [0.29, 0.717) is 0 Å². The molecular weight excluding hydrogens is 272 g/mol. The van der Waals surface area contributed by atoms with Crippen LogP contribution in [0.3, 0.4) is 0 Å². The van der Waals surface area contributed by atoms with Gasteiger partial charge in [0.05, 0.1) is 34.7 Å². The van der Waals surface area contributed by atoms with E-state index in [1.165, 1.54) is 4.88 Å². The van der Waals surface area contributed by atoms with Gasteiger partial charge >= 0.3 is 0 Å². The quantitative estimate of drug-likeness (QED) is 0.562. The summed E-state index contributed by atoms with van der Waals surface area (Å²) < 4.78 is 1.80. The number of thiazole rings is 1. The average molecular weight is 288 g/mol. The number of hydrazine groups is 1. The lowest BCUT2D eigenvalue weighted by Crippen LogP contribution is -2.29. The molecular formula is C13H16N6S. The van der Waals surface area contributed by atoms with Gasteiger partial charge < -0.3 is 0 Å². The predicted octanol–water partition coefficient (Wildman–Crippen LogP) is 1.55. The standard InChI is InChI=1S/C13H16N6S/c1-8-9(2)20-13(17-8)5-11(18-14)10-6-16-19-4-3-15-7-12(10)19/h3-4,6-7,11,18H,5,14H2,1-2H3. The molecule has 0 aromatic carbocycles. The molecule has 1 atom stereocenters. The fraction of sp³-hybridized carbons (Fsp3) is 0.308. The van der Waals surface area contributed by atoms with Gasteiger partial charge in [-0.25, -0.2) is 9.50 Å². The van der Waals surface area contributed by atoms with Crippen molar-refractivity contribution in [3.8, 4) is 0 Å². The molecule has 0 aliphatic heterocycles. The second kappa shape index (κ2) is 5.28. The highest BCUT2D eigenvalue weighted by Gasteiger charge is 2.18. The summed E-state index contributed by atoms with van der Waals surface area (Å²) in [5, 5.41) is 5.39. The van der Waals surface area contributed by atoms with Crippen LogP contribution in [0.4, 0.5) is 0 Å². The lowest BCUT2D eigenvalue weighted by Gasteiger charge is -2.13. The van der Waals surface area contributed by atoms with Crippen LogP contribution in [0.1, 0.15) is 27.2 Å². The molecule has 0 saturated heterocycles. The monoisotopic (exact) mass is 288 g/mol. The van der Waals surface area contributed by atoms with Crippen molar-refractivity contribution >= 4 is 16.9 Å². The van der Waals surface area contributed by atoms with Crippen LogP contribution in [0.15, 0.2) is 24.8 Å². The van der Waals surface area contributed by atoms with E-state index in [2.05, 4.69) is 27.4 Å². The SMILES string of the molecule is Cc1nc(CC(NN)c2cnn3ccncc23)sc1C. The molecule has 20 heavy (non-hydrogen) atoms. The van der Waals surface area contributed by atoms with Gasteiger partial charge in [0.1, 0.15) is 0 Å². The zero-order valence-corrected chi connectivity index (χ0v) is 12.2. The number of fused-ring (bicyclic) bond motifs is 1. The van der Waals surface area contributed by atoms with Crippen molar-refractivity contribution in [2.75, 3.05) is 0 Å². The lowest BCUT2D eigenvalue weighted by molar-refractivity contribution is 0.553. The maximum atomic E-state index is 5.72. The minimum Gasteiger partial charge on any atom is -0.271 e. The van der Waals surface area contributed by atoms with Gasteiger partial charge in [0.2, 0.25) is 0 Å². The highest BCUT2D eigenvalue weighted by Crippen LogP contribution is 2.25. The maximum absolute atomic E-state index is 5.72.